The fourth-order valence-corrected chi connectivity index (χ4v) is 3.39. The number of para-hydroxylation sites is 1. The highest BCUT2D eigenvalue weighted by Gasteiger charge is 2.35. The van der Waals surface area contributed by atoms with Crippen molar-refractivity contribution in [3.05, 3.63) is 69.8 Å². The van der Waals surface area contributed by atoms with Crippen LogP contribution in [-0.2, 0) is 11.2 Å². The van der Waals surface area contributed by atoms with Crippen LogP contribution >= 0.6 is 0 Å². The van der Waals surface area contributed by atoms with Crippen LogP contribution in [0.25, 0.3) is 0 Å². The predicted molar refractivity (Wildman–Crippen MR) is 90.0 cm³/mol. The summed E-state index contributed by atoms with van der Waals surface area (Å²) in [5.41, 5.74) is 3.40. The third-order valence-corrected chi connectivity index (χ3v) is 4.59. The van der Waals surface area contributed by atoms with Crippen LogP contribution in [0.1, 0.15) is 24.0 Å². The topological polar surface area (TPSA) is 75.8 Å². The number of fused-ring (bicyclic) bond motifs is 3. The largest absolute Gasteiger partial charge is 0.273 e. The highest BCUT2D eigenvalue weighted by atomic mass is 16.6. The molecule has 120 valence electrons. The molecular formula is C18H15N3O3. The molecular weight excluding hydrogens is 306 g/mol. The van der Waals surface area contributed by atoms with E-state index in [0.29, 0.717) is 12.1 Å². The van der Waals surface area contributed by atoms with E-state index in [1.54, 1.807) is 12.1 Å². The van der Waals surface area contributed by atoms with Gasteiger partial charge in [-0.1, -0.05) is 24.3 Å². The highest BCUT2D eigenvalue weighted by molar-refractivity contribution is 6.11. The van der Waals surface area contributed by atoms with Crippen molar-refractivity contribution < 1.29 is 9.72 Å². The maximum Gasteiger partial charge on any atom is 0.270 e. The summed E-state index contributed by atoms with van der Waals surface area (Å²) < 4.78 is 0. The Hall–Kier alpha value is -3.02. The van der Waals surface area contributed by atoms with Crippen molar-refractivity contribution in [1.82, 2.24) is 0 Å². The maximum absolute atomic E-state index is 12.4. The standard InChI is InChI=1S/C18H15N3O3/c22-17-10-13-7-6-12-8-9-15(21(23)24)11-16(12)18(13)19-20(17)14-4-2-1-3-5-14/h1-5,8-9,11,13H,6-7,10H2. The van der Waals surface area contributed by atoms with Crippen molar-refractivity contribution in [2.45, 2.75) is 19.3 Å². The zero-order valence-corrected chi connectivity index (χ0v) is 12.9. The Morgan fingerprint density at radius 2 is 1.96 bits per heavy atom. The summed E-state index contributed by atoms with van der Waals surface area (Å²) in [5.74, 6) is -0.00389. The van der Waals surface area contributed by atoms with Crippen molar-refractivity contribution in [3.63, 3.8) is 0 Å². The predicted octanol–water partition coefficient (Wildman–Crippen LogP) is 3.30. The molecule has 1 aliphatic carbocycles. The molecule has 0 bridgehead atoms. The fourth-order valence-electron chi connectivity index (χ4n) is 3.39. The number of hydrogen-bond acceptors (Lipinski definition) is 4. The summed E-state index contributed by atoms with van der Waals surface area (Å²) in [6.45, 7) is 0. The van der Waals surface area contributed by atoms with Gasteiger partial charge in [-0.2, -0.15) is 5.10 Å². The molecule has 1 atom stereocenters. The molecule has 2 aliphatic rings. The van der Waals surface area contributed by atoms with Gasteiger partial charge in [0.15, 0.2) is 0 Å². The number of hydrazone groups is 1. The van der Waals surface area contributed by atoms with E-state index in [1.165, 1.54) is 11.1 Å². The second-order valence-corrected chi connectivity index (χ2v) is 6.06. The minimum Gasteiger partial charge on any atom is -0.273 e. The van der Waals surface area contributed by atoms with E-state index < -0.39 is 4.92 Å². The first-order chi connectivity index (χ1) is 11.6. The molecule has 0 N–H and O–H groups in total. The maximum atomic E-state index is 12.4. The lowest BCUT2D eigenvalue weighted by atomic mass is 9.79. The van der Waals surface area contributed by atoms with E-state index >= 15 is 0 Å². The number of nitrogens with zero attached hydrogens (tertiary/aromatic N) is 3. The summed E-state index contributed by atoms with van der Waals surface area (Å²) in [6.07, 6.45) is 2.05. The Bertz CT molecular complexity index is 861. The monoisotopic (exact) mass is 321 g/mol. The number of nitro groups is 1. The zero-order chi connectivity index (χ0) is 16.7. The van der Waals surface area contributed by atoms with Gasteiger partial charge in [-0.05, 0) is 30.5 Å². The van der Waals surface area contributed by atoms with Gasteiger partial charge in [0.25, 0.3) is 5.69 Å². The molecule has 2 aromatic carbocycles. The fraction of sp³-hybridized carbons (Fsp3) is 0.222. The van der Waals surface area contributed by atoms with Crippen molar-refractivity contribution >= 4 is 23.0 Å². The van der Waals surface area contributed by atoms with Crippen LogP contribution in [0.3, 0.4) is 0 Å². The zero-order valence-electron chi connectivity index (χ0n) is 12.9. The molecule has 0 radical (unpaired) electrons. The summed E-state index contributed by atoms with van der Waals surface area (Å²) in [5, 5.41) is 17.1. The van der Waals surface area contributed by atoms with Crippen molar-refractivity contribution in [2.75, 3.05) is 5.01 Å². The van der Waals surface area contributed by atoms with Gasteiger partial charge in [-0.25, -0.2) is 5.01 Å². The Balaban J connectivity index is 1.83. The van der Waals surface area contributed by atoms with E-state index in [-0.39, 0.29) is 17.5 Å². The lowest BCUT2D eigenvalue weighted by Crippen LogP contribution is -2.39. The van der Waals surface area contributed by atoms with Crippen molar-refractivity contribution in [2.24, 2.45) is 11.0 Å². The summed E-state index contributed by atoms with van der Waals surface area (Å²) in [6, 6.07) is 14.2. The quantitative estimate of drug-likeness (QED) is 0.629. The molecule has 1 unspecified atom stereocenters. The number of amides is 1. The second kappa shape index (κ2) is 5.56. The molecule has 1 heterocycles. The van der Waals surface area contributed by atoms with Crippen LogP contribution in [0.15, 0.2) is 53.6 Å². The Kier molecular flexibility index (Phi) is 3.37. The summed E-state index contributed by atoms with van der Waals surface area (Å²) in [4.78, 5) is 23.1. The Morgan fingerprint density at radius 3 is 2.71 bits per heavy atom. The average molecular weight is 321 g/mol. The molecule has 24 heavy (non-hydrogen) atoms. The number of aryl methyl sites for hydroxylation is 1. The second-order valence-electron chi connectivity index (χ2n) is 6.06. The highest BCUT2D eigenvalue weighted by Crippen LogP contribution is 2.35. The molecule has 0 spiro atoms. The van der Waals surface area contributed by atoms with Gasteiger partial charge < -0.3 is 0 Å². The lowest BCUT2D eigenvalue weighted by molar-refractivity contribution is -0.384. The number of nitro benzene ring substituents is 1. The van der Waals surface area contributed by atoms with Gasteiger partial charge >= 0.3 is 0 Å². The van der Waals surface area contributed by atoms with Gasteiger partial charge in [0.1, 0.15) is 0 Å². The number of benzene rings is 2. The van der Waals surface area contributed by atoms with Crippen LogP contribution in [0.4, 0.5) is 11.4 Å². The molecule has 0 saturated carbocycles. The number of anilines is 1. The number of carbonyl (C=O) groups is 1. The molecule has 2 aromatic rings. The first-order valence-electron chi connectivity index (χ1n) is 7.87. The lowest BCUT2D eigenvalue weighted by Gasteiger charge is -2.33. The first-order valence-corrected chi connectivity index (χ1v) is 7.87. The van der Waals surface area contributed by atoms with Crippen LogP contribution in [-0.4, -0.2) is 16.5 Å². The van der Waals surface area contributed by atoms with E-state index in [1.807, 2.05) is 30.3 Å². The smallest absolute Gasteiger partial charge is 0.270 e. The third-order valence-electron chi connectivity index (χ3n) is 4.59. The van der Waals surface area contributed by atoms with E-state index in [4.69, 9.17) is 0 Å². The normalized spacial score (nSPS) is 19.3. The van der Waals surface area contributed by atoms with Gasteiger partial charge in [0, 0.05) is 30.0 Å². The molecule has 6 nitrogen and oxygen atoms in total. The minimum atomic E-state index is -0.395. The molecule has 1 amide bonds. The molecule has 6 heteroatoms. The summed E-state index contributed by atoms with van der Waals surface area (Å²) >= 11 is 0. The molecule has 0 saturated heterocycles. The van der Waals surface area contributed by atoms with Gasteiger partial charge in [-0.15, -0.1) is 0 Å². The minimum absolute atomic E-state index is 0.0342. The van der Waals surface area contributed by atoms with Crippen LogP contribution in [0, 0.1) is 16.0 Å². The molecule has 0 fully saturated rings. The van der Waals surface area contributed by atoms with Gasteiger partial charge in [-0.3, -0.25) is 14.9 Å². The Morgan fingerprint density at radius 1 is 1.17 bits per heavy atom. The van der Waals surface area contributed by atoms with Gasteiger partial charge in [0.2, 0.25) is 5.91 Å². The van der Waals surface area contributed by atoms with Crippen LogP contribution < -0.4 is 5.01 Å². The van der Waals surface area contributed by atoms with Gasteiger partial charge in [0.05, 0.1) is 16.3 Å². The number of carbonyl (C=O) groups excluding carboxylic acids is 1. The van der Waals surface area contributed by atoms with Crippen LogP contribution in [0.2, 0.25) is 0 Å². The molecule has 4 rings (SSSR count). The number of rotatable bonds is 2. The van der Waals surface area contributed by atoms with E-state index in [9.17, 15) is 14.9 Å². The van der Waals surface area contributed by atoms with Crippen molar-refractivity contribution in [3.8, 4) is 0 Å². The SMILES string of the molecule is O=C1CC2CCc3ccc([N+](=O)[O-])cc3C2=NN1c1ccccc1. The van der Waals surface area contributed by atoms with E-state index in [2.05, 4.69) is 5.10 Å². The Labute approximate surface area is 138 Å². The average Bonchev–Trinajstić information content (AvgIpc) is 2.61. The number of non-ortho nitro benzene ring substituents is 1. The van der Waals surface area contributed by atoms with E-state index in [0.717, 1.165) is 29.7 Å². The van der Waals surface area contributed by atoms with Crippen molar-refractivity contribution in [1.29, 1.82) is 0 Å². The molecule has 0 aromatic heterocycles. The third kappa shape index (κ3) is 2.36. The first kappa shape index (κ1) is 14.6. The summed E-state index contributed by atoms with van der Waals surface area (Å²) in [7, 11) is 0. The van der Waals surface area contributed by atoms with Crippen LogP contribution in [0.5, 0.6) is 0 Å². The number of hydrogen-bond donors (Lipinski definition) is 0. The molecule has 1 aliphatic heterocycles.